The van der Waals surface area contributed by atoms with E-state index in [2.05, 4.69) is 22.1 Å². The van der Waals surface area contributed by atoms with Crippen LogP contribution >= 0.6 is 0 Å². The Labute approximate surface area is 188 Å². The second kappa shape index (κ2) is 7.66. The summed E-state index contributed by atoms with van der Waals surface area (Å²) in [4.78, 5) is 22.8. The molecule has 0 aromatic carbocycles. The number of fused-ring (bicyclic) bond motifs is 3. The summed E-state index contributed by atoms with van der Waals surface area (Å²) in [7, 11) is 1.82. The smallest absolute Gasteiger partial charge is 0.349 e. The maximum Gasteiger partial charge on any atom is 0.349 e. The molecule has 2 atom stereocenters. The van der Waals surface area contributed by atoms with E-state index in [0.29, 0.717) is 40.3 Å². The van der Waals surface area contributed by atoms with Crippen molar-refractivity contribution in [3.8, 4) is 17.1 Å². The summed E-state index contributed by atoms with van der Waals surface area (Å²) in [5, 5.41) is 8.54. The lowest BCUT2D eigenvalue weighted by molar-refractivity contribution is -0.00710. The molecule has 5 aromatic heterocycles. The molecule has 10 heteroatoms. The molecule has 0 N–H and O–H groups in total. The van der Waals surface area contributed by atoms with Crippen LogP contribution in [-0.4, -0.2) is 46.8 Å². The highest BCUT2D eigenvalue weighted by Crippen LogP contribution is 2.36. The first-order chi connectivity index (χ1) is 16.1. The molecule has 0 radical (unpaired) electrons. The number of hydrogen-bond donors (Lipinski definition) is 0. The zero-order chi connectivity index (χ0) is 22.5. The third-order valence-corrected chi connectivity index (χ3v) is 6.24. The number of ether oxygens (including phenoxy) is 1. The number of aromatic nitrogens is 7. The topological polar surface area (TPSA) is 106 Å². The van der Waals surface area contributed by atoms with Crippen LogP contribution in [0.3, 0.4) is 0 Å². The van der Waals surface area contributed by atoms with Crippen LogP contribution in [0.5, 0.6) is 0 Å². The molecule has 10 nitrogen and oxygen atoms in total. The highest BCUT2D eigenvalue weighted by molar-refractivity contribution is 6.04. The van der Waals surface area contributed by atoms with Crippen molar-refractivity contribution < 1.29 is 9.15 Å². The molecular weight excluding hydrogens is 422 g/mol. The Morgan fingerprint density at radius 1 is 1.21 bits per heavy atom. The van der Waals surface area contributed by atoms with Crippen LogP contribution in [0.25, 0.3) is 39.3 Å². The lowest BCUT2D eigenvalue weighted by Gasteiger charge is -2.30. The third kappa shape index (κ3) is 3.25. The molecule has 0 aliphatic carbocycles. The highest BCUT2D eigenvalue weighted by Gasteiger charge is 2.29. The van der Waals surface area contributed by atoms with Crippen molar-refractivity contribution in [3.05, 3.63) is 53.5 Å². The van der Waals surface area contributed by atoms with Gasteiger partial charge in [0.1, 0.15) is 16.7 Å². The predicted molar refractivity (Wildman–Crippen MR) is 121 cm³/mol. The second-order valence-corrected chi connectivity index (χ2v) is 8.34. The van der Waals surface area contributed by atoms with Gasteiger partial charge in [-0.2, -0.15) is 15.2 Å². The maximum atomic E-state index is 13.5. The lowest BCUT2D eigenvalue weighted by atomic mass is 10.0. The standard InChI is InChI=1S/C23H23N7O3/c1-3-16-11-15(7-10-32-16)30-21-20-17(5-6-18(26-20)29-9-4-8-24-29)33-22(21)19(27-23(30)31)14-12-25-28(2)13-14/h4-6,8-9,12-13,15-16H,3,7,10-11H2,1-2H3/t15?,16-/m0/s1. The molecule has 0 saturated carbocycles. The van der Waals surface area contributed by atoms with Crippen molar-refractivity contribution in [2.75, 3.05) is 6.61 Å². The van der Waals surface area contributed by atoms with E-state index >= 15 is 0 Å². The maximum absolute atomic E-state index is 13.5. The van der Waals surface area contributed by atoms with Gasteiger partial charge in [0.25, 0.3) is 0 Å². The van der Waals surface area contributed by atoms with Gasteiger partial charge in [-0.15, -0.1) is 0 Å². The largest absolute Gasteiger partial charge is 0.450 e. The van der Waals surface area contributed by atoms with Crippen molar-refractivity contribution in [2.24, 2.45) is 7.05 Å². The summed E-state index contributed by atoms with van der Waals surface area (Å²) in [6.07, 6.45) is 9.50. The summed E-state index contributed by atoms with van der Waals surface area (Å²) in [5.41, 5.74) is 3.25. The Bertz CT molecular complexity index is 1510. The van der Waals surface area contributed by atoms with Gasteiger partial charge in [-0.3, -0.25) is 9.25 Å². The second-order valence-electron chi connectivity index (χ2n) is 8.34. The summed E-state index contributed by atoms with van der Waals surface area (Å²) >= 11 is 0. The molecule has 5 aromatic rings. The van der Waals surface area contributed by atoms with E-state index in [-0.39, 0.29) is 17.8 Å². The molecule has 1 aliphatic heterocycles. The van der Waals surface area contributed by atoms with Crippen molar-refractivity contribution in [1.29, 1.82) is 0 Å². The minimum Gasteiger partial charge on any atom is -0.450 e. The molecule has 33 heavy (non-hydrogen) atoms. The van der Waals surface area contributed by atoms with E-state index in [0.717, 1.165) is 24.8 Å². The minimum atomic E-state index is -0.322. The summed E-state index contributed by atoms with van der Waals surface area (Å²) < 4.78 is 17.3. The van der Waals surface area contributed by atoms with Crippen molar-refractivity contribution in [3.63, 3.8) is 0 Å². The van der Waals surface area contributed by atoms with Crippen LogP contribution in [-0.2, 0) is 11.8 Å². The molecule has 0 amide bonds. The molecule has 1 saturated heterocycles. The number of rotatable bonds is 4. The number of pyridine rings is 1. The molecule has 1 unspecified atom stereocenters. The number of hydrogen-bond acceptors (Lipinski definition) is 7. The molecule has 0 spiro atoms. The van der Waals surface area contributed by atoms with Crippen LogP contribution in [0.15, 0.2) is 52.2 Å². The Balaban J connectivity index is 1.66. The fourth-order valence-electron chi connectivity index (χ4n) is 4.62. The number of nitrogens with zero attached hydrogens (tertiary/aromatic N) is 7. The van der Waals surface area contributed by atoms with Crippen LogP contribution < -0.4 is 5.69 Å². The van der Waals surface area contributed by atoms with E-state index in [1.165, 1.54) is 0 Å². The van der Waals surface area contributed by atoms with Crippen molar-refractivity contribution in [1.82, 2.24) is 34.1 Å². The molecular formula is C23H23N7O3. The normalized spacial score (nSPS) is 19.0. The van der Waals surface area contributed by atoms with Crippen LogP contribution in [0, 0.1) is 0 Å². The van der Waals surface area contributed by atoms with Gasteiger partial charge in [0.2, 0.25) is 0 Å². The van der Waals surface area contributed by atoms with E-state index in [4.69, 9.17) is 14.1 Å². The van der Waals surface area contributed by atoms with Crippen molar-refractivity contribution >= 4 is 22.2 Å². The van der Waals surface area contributed by atoms with Crippen molar-refractivity contribution in [2.45, 2.75) is 38.3 Å². The summed E-state index contributed by atoms with van der Waals surface area (Å²) in [6, 6.07) is 5.50. The van der Waals surface area contributed by atoms with E-state index in [9.17, 15) is 4.79 Å². The summed E-state index contributed by atoms with van der Waals surface area (Å²) in [6.45, 7) is 2.70. The van der Waals surface area contributed by atoms with Gasteiger partial charge in [0.15, 0.2) is 17.0 Å². The van der Waals surface area contributed by atoms with Crippen LogP contribution in [0.1, 0.15) is 32.2 Å². The van der Waals surface area contributed by atoms with Crippen LogP contribution in [0.2, 0.25) is 0 Å². The quantitative estimate of drug-likeness (QED) is 0.418. The van der Waals surface area contributed by atoms with Gasteiger partial charge in [0, 0.05) is 43.9 Å². The summed E-state index contributed by atoms with van der Waals surface area (Å²) in [5.74, 6) is 0.646. The molecule has 6 rings (SSSR count). The van der Waals surface area contributed by atoms with Gasteiger partial charge < -0.3 is 9.15 Å². The SMILES string of the molecule is CC[C@H]1CC(n2c(=O)nc(-c3cnn(C)c3)c3oc4ccc(-n5cccn5)nc4c32)CCO1. The third-order valence-electron chi connectivity index (χ3n) is 6.24. The monoisotopic (exact) mass is 445 g/mol. The first-order valence-corrected chi connectivity index (χ1v) is 11.1. The predicted octanol–water partition coefficient (Wildman–Crippen LogP) is 3.25. The zero-order valence-corrected chi connectivity index (χ0v) is 18.4. The first-order valence-electron chi connectivity index (χ1n) is 11.1. The molecule has 168 valence electrons. The first kappa shape index (κ1) is 19.9. The van der Waals surface area contributed by atoms with E-state index in [1.54, 1.807) is 26.3 Å². The average Bonchev–Trinajstić information content (AvgIpc) is 3.58. The Morgan fingerprint density at radius 2 is 2.12 bits per heavy atom. The molecule has 1 aliphatic rings. The molecule has 6 heterocycles. The van der Waals surface area contributed by atoms with Gasteiger partial charge in [-0.25, -0.2) is 14.5 Å². The van der Waals surface area contributed by atoms with Gasteiger partial charge in [0.05, 0.1) is 12.3 Å². The van der Waals surface area contributed by atoms with E-state index in [1.807, 2.05) is 37.6 Å². The Kier molecular flexibility index (Phi) is 4.61. The Hall–Kier alpha value is -3.79. The highest BCUT2D eigenvalue weighted by atomic mass is 16.5. The van der Waals surface area contributed by atoms with Gasteiger partial charge in [-0.05, 0) is 37.5 Å². The average molecular weight is 445 g/mol. The van der Waals surface area contributed by atoms with Gasteiger partial charge >= 0.3 is 5.69 Å². The minimum absolute atomic E-state index is 0.0508. The Morgan fingerprint density at radius 3 is 2.88 bits per heavy atom. The molecule has 0 bridgehead atoms. The fraction of sp³-hybridized carbons (Fsp3) is 0.348. The van der Waals surface area contributed by atoms with E-state index < -0.39 is 0 Å². The number of aryl methyl sites for hydroxylation is 1. The van der Waals surface area contributed by atoms with Crippen LogP contribution in [0.4, 0.5) is 0 Å². The zero-order valence-electron chi connectivity index (χ0n) is 18.4. The number of furan rings is 1. The fourth-order valence-corrected chi connectivity index (χ4v) is 4.62. The van der Waals surface area contributed by atoms with Gasteiger partial charge in [-0.1, -0.05) is 6.92 Å². The lowest BCUT2D eigenvalue weighted by Crippen LogP contribution is -2.34. The molecule has 1 fully saturated rings.